The summed E-state index contributed by atoms with van der Waals surface area (Å²) in [7, 11) is 1.69. The van der Waals surface area contributed by atoms with Crippen molar-refractivity contribution in [2.75, 3.05) is 11.9 Å². The first-order chi connectivity index (χ1) is 11.4. The number of amides is 3. The third-order valence-corrected chi connectivity index (χ3v) is 4.88. The first kappa shape index (κ1) is 16.4. The van der Waals surface area contributed by atoms with Gasteiger partial charge in [0.2, 0.25) is 17.7 Å². The van der Waals surface area contributed by atoms with Crippen LogP contribution in [0.2, 0.25) is 0 Å². The number of nitrogens with one attached hydrogen (secondary N) is 2. The maximum absolute atomic E-state index is 13.0. The Morgan fingerprint density at radius 3 is 2.71 bits per heavy atom. The molecule has 0 saturated carbocycles. The fourth-order valence-electron chi connectivity index (χ4n) is 3.42. The summed E-state index contributed by atoms with van der Waals surface area (Å²) in [6.07, 6.45) is 1.59. The zero-order valence-electron chi connectivity index (χ0n) is 13.8. The van der Waals surface area contributed by atoms with Gasteiger partial charge < -0.3 is 16.4 Å². The molecule has 1 aromatic rings. The number of para-hydroxylation sites is 1. The maximum atomic E-state index is 13.0. The van der Waals surface area contributed by atoms with Gasteiger partial charge in [0, 0.05) is 6.42 Å². The van der Waals surface area contributed by atoms with Gasteiger partial charge in [-0.2, -0.15) is 0 Å². The Morgan fingerprint density at radius 1 is 1.33 bits per heavy atom. The Morgan fingerprint density at radius 2 is 2.04 bits per heavy atom. The average molecular weight is 330 g/mol. The molecule has 0 unspecified atom stereocenters. The predicted molar refractivity (Wildman–Crippen MR) is 89.4 cm³/mol. The second kappa shape index (κ2) is 6.24. The van der Waals surface area contributed by atoms with Gasteiger partial charge in [-0.1, -0.05) is 18.2 Å². The molecule has 128 valence electrons. The van der Waals surface area contributed by atoms with E-state index in [1.807, 2.05) is 18.2 Å². The van der Waals surface area contributed by atoms with Gasteiger partial charge in [-0.15, -0.1) is 0 Å². The van der Waals surface area contributed by atoms with Gasteiger partial charge in [0.05, 0.1) is 11.7 Å². The lowest BCUT2D eigenvalue weighted by Crippen LogP contribution is -2.55. The highest BCUT2D eigenvalue weighted by Gasteiger charge is 2.43. The van der Waals surface area contributed by atoms with Crippen LogP contribution in [0.4, 0.5) is 5.69 Å². The van der Waals surface area contributed by atoms with E-state index in [-0.39, 0.29) is 11.8 Å². The van der Waals surface area contributed by atoms with E-state index in [9.17, 15) is 14.4 Å². The molecule has 2 heterocycles. The third kappa shape index (κ3) is 2.65. The highest BCUT2D eigenvalue weighted by Crippen LogP contribution is 2.38. The average Bonchev–Trinajstić information content (AvgIpc) is 2.91. The van der Waals surface area contributed by atoms with Crippen molar-refractivity contribution in [3.8, 4) is 0 Å². The van der Waals surface area contributed by atoms with Crippen LogP contribution in [0.1, 0.15) is 24.5 Å². The van der Waals surface area contributed by atoms with Gasteiger partial charge in [0.15, 0.2) is 0 Å². The zero-order valence-corrected chi connectivity index (χ0v) is 13.8. The van der Waals surface area contributed by atoms with E-state index in [1.165, 1.54) is 4.90 Å². The number of hydrogen-bond donors (Lipinski definition) is 3. The van der Waals surface area contributed by atoms with Gasteiger partial charge in [0.25, 0.3) is 0 Å². The third-order valence-electron chi connectivity index (χ3n) is 4.88. The Hall–Kier alpha value is -2.41. The molecule has 0 aromatic heterocycles. The number of nitrogens with two attached hydrogens (primary N) is 1. The van der Waals surface area contributed by atoms with Crippen LogP contribution in [0.25, 0.3) is 0 Å². The van der Waals surface area contributed by atoms with Crippen LogP contribution < -0.4 is 21.3 Å². The van der Waals surface area contributed by atoms with Gasteiger partial charge >= 0.3 is 0 Å². The van der Waals surface area contributed by atoms with Gasteiger partial charge in [0.1, 0.15) is 12.1 Å². The number of anilines is 1. The number of aryl methyl sites for hydroxylation is 1. The summed E-state index contributed by atoms with van der Waals surface area (Å²) in [6.45, 7) is 1.73. The summed E-state index contributed by atoms with van der Waals surface area (Å²) in [6, 6.07) is 4.07. The summed E-state index contributed by atoms with van der Waals surface area (Å²) in [5.74, 6) is -1.03. The number of likely N-dealkylation sites (N-methyl/N-ethyl adjacent to an activating group) is 1. The van der Waals surface area contributed by atoms with Crippen molar-refractivity contribution in [1.29, 1.82) is 0 Å². The van der Waals surface area contributed by atoms with Crippen LogP contribution >= 0.6 is 0 Å². The summed E-state index contributed by atoms with van der Waals surface area (Å²) < 4.78 is 0. The quantitative estimate of drug-likeness (QED) is 0.690. The normalized spacial score (nSPS) is 23.4. The van der Waals surface area contributed by atoms with Crippen molar-refractivity contribution in [3.63, 3.8) is 0 Å². The predicted octanol–water partition coefficient (Wildman–Crippen LogP) is -0.531. The molecular weight excluding hydrogens is 308 g/mol. The maximum Gasteiger partial charge on any atom is 0.250 e. The Bertz CT molecular complexity index is 703. The van der Waals surface area contributed by atoms with Crippen LogP contribution in [0.3, 0.4) is 0 Å². The minimum Gasteiger partial charge on any atom is -0.368 e. The molecule has 3 rings (SSSR count). The molecule has 4 N–H and O–H groups in total. The number of hydrogen-bond acceptors (Lipinski definition) is 4. The number of primary amides is 1. The van der Waals surface area contributed by atoms with E-state index in [4.69, 9.17) is 5.73 Å². The summed E-state index contributed by atoms with van der Waals surface area (Å²) in [4.78, 5) is 38.5. The van der Waals surface area contributed by atoms with E-state index in [0.29, 0.717) is 19.3 Å². The topological polar surface area (TPSA) is 105 Å². The summed E-state index contributed by atoms with van der Waals surface area (Å²) in [5, 5.41) is 5.65. The van der Waals surface area contributed by atoms with Gasteiger partial charge in [-0.3, -0.25) is 19.3 Å². The van der Waals surface area contributed by atoms with Crippen molar-refractivity contribution < 1.29 is 14.4 Å². The summed E-state index contributed by atoms with van der Waals surface area (Å²) in [5.41, 5.74) is 8.29. The molecule has 2 aliphatic heterocycles. The highest BCUT2D eigenvalue weighted by atomic mass is 16.2. The first-order valence-electron chi connectivity index (χ1n) is 8.14. The van der Waals surface area contributed by atoms with Crippen molar-refractivity contribution >= 4 is 23.4 Å². The smallest absolute Gasteiger partial charge is 0.250 e. The molecule has 24 heavy (non-hydrogen) atoms. The minimum absolute atomic E-state index is 0.239. The van der Waals surface area contributed by atoms with E-state index < -0.39 is 24.0 Å². The fourth-order valence-corrected chi connectivity index (χ4v) is 3.42. The van der Waals surface area contributed by atoms with Gasteiger partial charge in [-0.05, 0) is 37.9 Å². The lowest BCUT2D eigenvalue weighted by molar-refractivity contribution is -0.129. The van der Waals surface area contributed by atoms with Crippen molar-refractivity contribution in [2.24, 2.45) is 5.73 Å². The Labute approximate surface area is 140 Å². The number of benzene rings is 1. The molecule has 0 radical (unpaired) electrons. The lowest BCUT2D eigenvalue weighted by atomic mass is 10.0. The largest absolute Gasteiger partial charge is 0.368 e. The molecule has 7 heteroatoms. The van der Waals surface area contributed by atoms with Crippen LogP contribution in [0, 0.1) is 0 Å². The molecule has 3 atom stereocenters. The number of carbonyl (C=O) groups excluding carboxylic acids is 3. The Kier molecular flexibility index (Phi) is 4.28. The van der Waals surface area contributed by atoms with E-state index in [2.05, 4.69) is 10.6 Å². The highest BCUT2D eigenvalue weighted by molar-refractivity contribution is 6.07. The van der Waals surface area contributed by atoms with E-state index in [0.717, 1.165) is 16.8 Å². The van der Waals surface area contributed by atoms with Crippen molar-refractivity contribution in [1.82, 2.24) is 10.6 Å². The molecule has 0 bridgehead atoms. The van der Waals surface area contributed by atoms with Crippen LogP contribution in [-0.2, 0) is 27.2 Å². The number of carbonyl (C=O) groups is 3. The molecule has 0 aliphatic carbocycles. The lowest BCUT2D eigenvalue weighted by Gasteiger charge is -2.27. The molecule has 0 spiro atoms. The van der Waals surface area contributed by atoms with Crippen LogP contribution in [0.15, 0.2) is 18.2 Å². The second-order valence-electron chi connectivity index (χ2n) is 6.37. The van der Waals surface area contributed by atoms with Gasteiger partial charge in [-0.25, -0.2) is 0 Å². The molecule has 7 nitrogen and oxygen atoms in total. The first-order valence-corrected chi connectivity index (χ1v) is 8.14. The Balaban J connectivity index is 1.94. The molecule has 2 aliphatic rings. The molecule has 3 amide bonds. The molecule has 0 saturated heterocycles. The molecule has 0 fully saturated rings. The van der Waals surface area contributed by atoms with E-state index >= 15 is 0 Å². The molecular formula is C17H22N4O3. The van der Waals surface area contributed by atoms with E-state index in [1.54, 1.807) is 14.0 Å². The fraction of sp³-hybridized carbons (Fsp3) is 0.471. The van der Waals surface area contributed by atoms with Crippen molar-refractivity contribution in [3.05, 3.63) is 29.3 Å². The monoisotopic (exact) mass is 330 g/mol. The zero-order chi connectivity index (χ0) is 17.4. The minimum atomic E-state index is -0.687. The second-order valence-corrected chi connectivity index (χ2v) is 6.37. The standard InChI is InChI=1S/C17H22N4O3/c1-9(19-2)16(23)20-12-7-6-10-4-3-5-11-8-13(15(18)22)21(14(10)11)17(12)24/h3-5,9,12-13,19H,6-8H2,1-2H3,(H2,18,22)(H,20,23)/t9-,12-,13-/m0/s1. The number of rotatable bonds is 4. The number of nitrogens with zero attached hydrogens (tertiary/aromatic N) is 1. The van der Waals surface area contributed by atoms with Crippen LogP contribution in [-0.4, -0.2) is 42.9 Å². The molecule has 1 aromatic carbocycles. The van der Waals surface area contributed by atoms with Crippen molar-refractivity contribution in [2.45, 2.75) is 44.3 Å². The summed E-state index contributed by atoms with van der Waals surface area (Å²) >= 11 is 0. The SMILES string of the molecule is CN[C@@H](C)C(=O)N[C@H]1CCc2cccc3c2N(C1=O)[C@H](C(N)=O)C3. The van der Waals surface area contributed by atoms with Crippen LogP contribution in [0.5, 0.6) is 0 Å².